The Balaban J connectivity index is 1.39. The molecule has 4 unspecified atom stereocenters. The normalized spacial score (nSPS) is 28.8. The molecule has 4 atom stereocenters. The zero-order valence-electron chi connectivity index (χ0n) is 16.2. The number of rotatable bonds is 4. The summed E-state index contributed by atoms with van der Waals surface area (Å²) in [7, 11) is 0. The molecule has 31 heavy (non-hydrogen) atoms. The summed E-state index contributed by atoms with van der Waals surface area (Å²) >= 11 is 0. The van der Waals surface area contributed by atoms with Crippen LogP contribution in [0.3, 0.4) is 0 Å². The number of ether oxygens (including phenoxy) is 1. The molecule has 2 fully saturated rings. The molecule has 3 aliphatic rings. The summed E-state index contributed by atoms with van der Waals surface area (Å²) < 4.78 is 45.4. The van der Waals surface area contributed by atoms with E-state index in [4.69, 9.17) is 4.74 Å². The minimum Gasteiger partial charge on any atom is -0.360 e. The summed E-state index contributed by atoms with van der Waals surface area (Å²) in [5, 5.41) is 2.84. The van der Waals surface area contributed by atoms with E-state index in [1.165, 1.54) is 17.0 Å². The van der Waals surface area contributed by atoms with Crippen molar-refractivity contribution in [3.8, 4) is 0 Å². The van der Waals surface area contributed by atoms with Gasteiger partial charge in [-0.05, 0) is 35.9 Å². The van der Waals surface area contributed by atoms with Gasteiger partial charge < -0.3 is 15.0 Å². The van der Waals surface area contributed by atoms with Crippen molar-refractivity contribution < 1.29 is 27.5 Å². The average Bonchev–Trinajstić information content (AvgIpc) is 3.40. The Labute approximate surface area is 175 Å². The molecule has 4 heterocycles. The average molecular weight is 429 g/mol. The molecular weight excluding hydrogens is 411 g/mol. The van der Waals surface area contributed by atoms with Crippen molar-refractivity contribution in [3.05, 3.63) is 72.1 Å². The van der Waals surface area contributed by atoms with Gasteiger partial charge in [-0.15, -0.1) is 0 Å². The van der Waals surface area contributed by atoms with Gasteiger partial charge in [0.15, 0.2) is 0 Å². The van der Waals surface area contributed by atoms with Crippen LogP contribution in [-0.2, 0) is 27.0 Å². The molecule has 9 heteroatoms. The number of carbonyl (C=O) groups excluding carboxylic acids is 2. The standard InChI is InChI=1S/C22H18F3N3O3/c23-22(24,25)14-2-1-3-15(10-14)28-12-21-7-4-16(31-21)17(18(21)20(28)30)19(29)27-11-13-5-8-26-9-6-13/h1-10,16-18H,11-12H2,(H,27,29). The molecule has 1 aromatic carbocycles. The number of fused-ring (bicyclic) bond motifs is 1. The minimum absolute atomic E-state index is 0.0684. The van der Waals surface area contributed by atoms with E-state index in [1.54, 1.807) is 36.7 Å². The van der Waals surface area contributed by atoms with Crippen molar-refractivity contribution in [2.75, 3.05) is 11.4 Å². The SMILES string of the molecule is O=C(NCc1ccncc1)C1C2C=CC3(CN(c4cccc(C(F)(F)F)c4)C(=O)C13)O2. The van der Waals surface area contributed by atoms with Gasteiger partial charge in [-0.25, -0.2) is 0 Å². The lowest BCUT2D eigenvalue weighted by molar-refractivity contribution is -0.137. The van der Waals surface area contributed by atoms with Gasteiger partial charge in [-0.2, -0.15) is 13.2 Å². The number of anilines is 1. The largest absolute Gasteiger partial charge is 0.416 e. The molecule has 6 nitrogen and oxygen atoms in total. The van der Waals surface area contributed by atoms with E-state index < -0.39 is 41.2 Å². The molecule has 2 amide bonds. The van der Waals surface area contributed by atoms with E-state index in [1.807, 2.05) is 0 Å². The van der Waals surface area contributed by atoms with Crippen LogP contribution >= 0.6 is 0 Å². The monoisotopic (exact) mass is 429 g/mol. The lowest BCUT2D eigenvalue weighted by Gasteiger charge is -2.23. The molecule has 1 N–H and O–H groups in total. The minimum atomic E-state index is -4.52. The highest BCUT2D eigenvalue weighted by molar-refractivity contribution is 6.03. The van der Waals surface area contributed by atoms with E-state index in [0.717, 1.165) is 17.7 Å². The molecular formula is C22H18F3N3O3. The van der Waals surface area contributed by atoms with Gasteiger partial charge in [0.05, 0.1) is 30.0 Å². The molecule has 2 bridgehead atoms. The number of amides is 2. The molecule has 3 aliphatic heterocycles. The number of hydrogen-bond donors (Lipinski definition) is 1. The Bertz CT molecular complexity index is 1070. The summed E-state index contributed by atoms with van der Waals surface area (Å²) in [6, 6.07) is 8.18. The maximum atomic E-state index is 13.3. The van der Waals surface area contributed by atoms with Crippen LogP contribution in [-0.4, -0.2) is 35.0 Å². The first-order valence-corrected chi connectivity index (χ1v) is 9.81. The second-order valence-corrected chi connectivity index (χ2v) is 7.95. The molecule has 2 aromatic rings. The van der Waals surface area contributed by atoms with E-state index in [-0.39, 0.29) is 24.7 Å². The maximum absolute atomic E-state index is 13.3. The van der Waals surface area contributed by atoms with Crippen LogP contribution in [0.1, 0.15) is 11.1 Å². The van der Waals surface area contributed by atoms with Crippen molar-refractivity contribution in [2.24, 2.45) is 11.8 Å². The number of nitrogens with one attached hydrogen (secondary N) is 1. The number of halogens is 3. The van der Waals surface area contributed by atoms with Crippen molar-refractivity contribution >= 4 is 17.5 Å². The van der Waals surface area contributed by atoms with Crippen LogP contribution in [0.2, 0.25) is 0 Å². The summed E-state index contributed by atoms with van der Waals surface area (Å²) in [6.45, 7) is 0.346. The van der Waals surface area contributed by atoms with Gasteiger partial charge in [-0.1, -0.05) is 18.2 Å². The number of alkyl halides is 3. The number of pyridine rings is 1. The Hall–Kier alpha value is -3.20. The number of benzene rings is 1. The molecule has 5 rings (SSSR count). The number of hydrogen-bond acceptors (Lipinski definition) is 4. The number of carbonyl (C=O) groups is 2. The predicted octanol–water partition coefficient (Wildman–Crippen LogP) is 2.70. The first-order chi connectivity index (χ1) is 14.8. The number of nitrogens with zero attached hydrogens (tertiary/aromatic N) is 2. The molecule has 2 saturated heterocycles. The van der Waals surface area contributed by atoms with Gasteiger partial charge in [0, 0.05) is 24.6 Å². The molecule has 0 radical (unpaired) electrons. The zero-order valence-corrected chi connectivity index (χ0v) is 16.2. The van der Waals surface area contributed by atoms with Crippen LogP contribution in [0.5, 0.6) is 0 Å². The van der Waals surface area contributed by atoms with Crippen molar-refractivity contribution in [2.45, 2.75) is 24.4 Å². The second-order valence-electron chi connectivity index (χ2n) is 7.95. The molecule has 0 aliphatic carbocycles. The van der Waals surface area contributed by atoms with Gasteiger partial charge in [-0.3, -0.25) is 14.6 Å². The summed E-state index contributed by atoms with van der Waals surface area (Å²) in [5.41, 5.74) is -0.838. The van der Waals surface area contributed by atoms with Crippen molar-refractivity contribution in [3.63, 3.8) is 0 Å². The van der Waals surface area contributed by atoms with E-state index in [2.05, 4.69) is 10.3 Å². The van der Waals surface area contributed by atoms with Crippen molar-refractivity contribution in [1.29, 1.82) is 0 Å². The second kappa shape index (κ2) is 6.91. The van der Waals surface area contributed by atoms with Crippen LogP contribution in [0, 0.1) is 11.8 Å². The fourth-order valence-corrected chi connectivity index (χ4v) is 4.67. The smallest absolute Gasteiger partial charge is 0.360 e. The maximum Gasteiger partial charge on any atom is 0.416 e. The lowest BCUT2D eigenvalue weighted by Crippen LogP contribution is -2.44. The molecule has 0 saturated carbocycles. The fourth-order valence-electron chi connectivity index (χ4n) is 4.67. The third-order valence-electron chi connectivity index (χ3n) is 6.10. The van der Waals surface area contributed by atoms with E-state index >= 15 is 0 Å². The van der Waals surface area contributed by atoms with Gasteiger partial charge in [0.2, 0.25) is 11.8 Å². The molecule has 160 valence electrons. The third kappa shape index (κ3) is 3.20. The highest BCUT2D eigenvalue weighted by Crippen LogP contribution is 2.52. The Morgan fingerprint density at radius 1 is 1.26 bits per heavy atom. The lowest BCUT2D eigenvalue weighted by atomic mass is 9.77. The van der Waals surface area contributed by atoms with Gasteiger partial charge in [0.1, 0.15) is 5.60 Å². The quantitative estimate of drug-likeness (QED) is 0.759. The summed E-state index contributed by atoms with van der Waals surface area (Å²) in [4.78, 5) is 31.4. The predicted molar refractivity (Wildman–Crippen MR) is 104 cm³/mol. The van der Waals surface area contributed by atoms with Crippen LogP contribution in [0.4, 0.5) is 18.9 Å². The Morgan fingerprint density at radius 3 is 2.77 bits per heavy atom. The first-order valence-electron chi connectivity index (χ1n) is 9.81. The highest BCUT2D eigenvalue weighted by atomic mass is 19.4. The fraction of sp³-hybridized carbons (Fsp3) is 0.318. The Morgan fingerprint density at radius 2 is 2.03 bits per heavy atom. The van der Waals surface area contributed by atoms with Crippen LogP contribution in [0.25, 0.3) is 0 Å². The van der Waals surface area contributed by atoms with Crippen molar-refractivity contribution in [1.82, 2.24) is 10.3 Å². The molecule has 1 spiro atoms. The zero-order chi connectivity index (χ0) is 21.8. The molecule has 1 aromatic heterocycles. The summed E-state index contributed by atoms with van der Waals surface area (Å²) in [6.07, 6.45) is 1.71. The topological polar surface area (TPSA) is 71.5 Å². The first kappa shape index (κ1) is 19.7. The number of aromatic nitrogens is 1. The van der Waals surface area contributed by atoms with Gasteiger partial charge in [0.25, 0.3) is 0 Å². The van der Waals surface area contributed by atoms with Gasteiger partial charge >= 0.3 is 6.18 Å². The highest BCUT2D eigenvalue weighted by Gasteiger charge is 2.67. The van der Waals surface area contributed by atoms with Crippen LogP contribution < -0.4 is 10.2 Å². The third-order valence-corrected chi connectivity index (χ3v) is 6.10. The summed E-state index contributed by atoms with van der Waals surface area (Å²) in [5.74, 6) is -2.25. The van der Waals surface area contributed by atoms with E-state index in [9.17, 15) is 22.8 Å². The Kier molecular flexibility index (Phi) is 4.40. The van der Waals surface area contributed by atoms with Crippen LogP contribution in [0.15, 0.2) is 60.9 Å². The van der Waals surface area contributed by atoms with E-state index in [0.29, 0.717) is 0 Å².